The molecule has 1 aliphatic carbocycles. The van der Waals surface area contributed by atoms with Crippen LogP contribution in [-0.2, 0) is 11.3 Å². The summed E-state index contributed by atoms with van der Waals surface area (Å²) in [6.07, 6.45) is 2.53. The summed E-state index contributed by atoms with van der Waals surface area (Å²) < 4.78 is 0. The Kier molecular flexibility index (Phi) is 3.85. The average Bonchev–Trinajstić information content (AvgIpc) is 3.24. The van der Waals surface area contributed by atoms with Gasteiger partial charge in [0.1, 0.15) is 0 Å². The van der Waals surface area contributed by atoms with Crippen LogP contribution in [0.4, 0.5) is 5.69 Å². The number of piperazine rings is 1. The summed E-state index contributed by atoms with van der Waals surface area (Å²) in [4.78, 5) is 15.8. The molecule has 1 saturated heterocycles. The number of anilines is 1. The largest absolute Gasteiger partial charge is 0.360 e. The van der Waals surface area contributed by atoms with Gasteiger partial charge in [-0.15, -0.1) is 0 Å². The summed E-state index contributed by atoms with van der Waals surface area (Å²) in [5, 5.41) is 4.27. The number of nitrogens with one attached hydrogen (secondary N) is 1. The summed E-state index contributed by atoms with van der Waals surface area (Å²) in [6.45, 7) is 2.92. The lowest BCUT2D eigenvalue weighted by Gasteiger charge is -2.34. The van der Waals surface area contributed by atoms with Gasteiger partial charge in [0.2, 0.25) is 5.91 Å². The predicted molar refractivity (Wildman–Crippen MR) is 81.2 cm³/mol. The van der Waals surface area contributed by atoms with E-state index in [-0.39, 0.29) is 5.91 Å². The molecule has 1 saturated carbocycles. The number of halogens is 1. The summed E-state index contributed by atoms with van der Waals surface area (Å²) >= 11 is 6.12. The van der Waals surface area contributed by atoms with E-state index in [1.807, 2.05) is 25.2 Å². The zero-order chi connectivity index (χ0) is 14.1. The van der Waals surface area contributed by atoms with Crippen molar-refractivity contribution in [2.24, 2.45) is 0 Å². The SMILES string of the molecule is CN1CCN(c2ccc(Cl)cc2CNC2CC2)CC1=O. The third kappa shape index (κ3) is 3.07. The van der Waals surface area contributed by atoms with Gasteiger partial charge in [-0.25, -0.2) is 0 Å². The van der Waals surface area contributed by atoms with Crippen molar-refractivity contribution in [3.05, 3.63) is 28.8 Å². The fraction of sp³-hybridized carbons (Fsp3) is 0.533. The molecule has 1 N–H and O–H groups in total. The molecule has 1 heterocycles. The van der Waals surface area contributed by atoms with E-state index >= 15 is 0 Å². The van der Waals surface area contributed by atoms with Crippen LogP contribution in [0.3, 0.4) is 0 Å². The Morgan fingerprint density at radius 3 is 2.85 bits per heavy atom. The first kappa shape index (κ1) is 13.7. The monoisotopic (exact) mass is 293 g/mol. The van der Waals surface area contributed by atoms with Gasteiger partial charge >= 0.3 is 0 Å². The highest BCUT2D eigenvalue weighted by Gasteiger charge is 2.24. The van der Waals surface area contributed by atoms with Gasteiger partial charge in [-0.05, 0) is 36.6 Å². The molecule has 0 bridgehead atoms. The first-order valence-electron chi connectivity index (χ1n) is 7.14. The Balaban J connectivity index is 1.78. The number of carbonyl (C=O) groups is 1. The van der Waals surface area contributed by atoms with Crippen molar-refractivity contribution in [2.75, 3.05) is 31.6 Å². The van der Waals surface area contributed by atoms with Crippen molar-refractivity contribution in [1.82, 2.24) is 10.2 Å². The topological polar surface area (TPSA) is 35.6 Å². The zero-order valence-electron chi connectivity index (χ0n) is 11.7. The molecular formula is C15H20ClN3O. The fourth-order valence-electron chi connectivity index (χ4n) is 2.51. The summed E-state index contributed by atoms with van der Waals surface area (Å²) in [6, 6.07) is 6.61. The van der Waals surface area contributed by atoms with Gasteiger partial charge in [0, 0.05) is 43.4 Å². The van der Waals surface area contributed by atoms with Crippen LogP contribution >= 0.6 is 11.6 Å². The lowest BCUT2D eigenvalue weighted by molar-refractivity contribution is -0.129. The van der Waals surface area contributed by atoms with Crippen LogP contribution in [0.15, 0.2) is 18.2 Å². The Bertz CT molecular complexity index is 516. The van der Waals surface area contributed by atoms with Crippen LogP contribution in [0, 0.1) is 0 Å². The average molecular weight is 294 g/mol. The minimum Gasteiger partial charge on any atom is -0.360 e. The van der Waals surface area contributed by atoms with E-state index < -0.39 is 0 Å². The summed E-state index contributed by atoms with van der Waals surface area (Å²) in [5.41, 5.74) is 2.31. The number of likely N-dealkylation sites (N-methyl/N-ethyl adjacent to an activating group) is 1. The van der Waals surface area contributed by atoms with Crippen LogP contribution in [0.25, 0.3) is 0 Å². The Morgan fingerprint density at radius 1 is 1.35 bits per heavy atom. The van der Waals surface area contributed by atoms with E-state index in [4.69, 9.17) is 11.6 Å². The highest BCUT2D eigenvalue weighted by atomic mass is 35.5. The second kappa shape index (κ2) is 5.62. The molecule has 4 nitrogen and oxygen atoms in total. The first-order valence-corrected chi connectivity index (χ1v) is 7.52. The molecular weight excluding hydrogens is 274 g/mol. The molecule has 0 aromatic heterocycles. The van der Waals surface area contributed by atoms with Crippen LogP contribution < -0.4 is 10.2 Å². The number of carbonyl (C=O) groups excluding carboxylic acids is 1. The van der Waals surface area contributed by atoms with Crippen molar-refractivity contribution < 1.29 is 4.79 Å². The number of benzene rings is 1. The van der Waals surface area contributed by atoms with Crippen LogP contribution in [0.5, 0.6) is 0 Å². The second-order valence-electron chi connectivity index (χ2n) is 5.67. The molecule has 108 valence electrons. The molecule has 0 unspecified atom stereocenters. The highest BCUT2D eigenvalue weighted by Crippen LogP contribution is 2.27. The van der Waals surface area contributed by atoms with Gasteiger partial charge in [-0.3, -0.25) is 4.79 Å². The van der Waals surface area contributed by atoms with Crippen molar-refractivity contribution in [1.29, 1.82) is 0 Å². The first-order chi connectivity index (χ1) is 9.63. The molecule has 3 rings (SSSR count). The molecule has 0 radical (unpaired) electrons. The van der Waals surface area contributed by atoms with Crippen molar-refractivity contribution >= 4 is 23.2 Å². The Morgan fingerprint density at radius 2 is 2.15 bits per heavy atom. The van der Waals surface area contributed by atoms with E-state index in [1.165, 1.54) is 18.4 Å². The minimum atomic E-state index is 0.173. The number of amides is 1. The molecule has 0 spiro atoms. The number of rotatable bonds is 4. The Hall–Kier alpha value is -1.26. The molecule has 1 aromatic carbocycles. The van der Waals surface area contributed by atoms with E-state index in [1.54, 1.807) is 4.90 Å². The minimum absolute atomic E-state index is 0.173. The van der Waals surface area contributed by atoms with Gasteiger partial charge in [0.15, 0.2) is 0 Å². The standard InChI is InChI=1S/C15H20ClN3O/c1-18-6-7-19(10-15(18)20)14-5-2-12(16)8-11(14)9-17-13-3-4-13/h2,5,8,13,17H,3-4,6-7,9-10H2,1H3. The molecule has 2 fully saturated rings. The number of hydrogen-bond donors (Lipinski definition) is 1. The van der Waals surface area contributed by atoms with Crippen molar-refractivity contribution in [2.45, 2.75) is 25.4 Å². The maximum Gasteiger partial charge on any atom is 0.241 e. The predicted octanol–water partition coefficient (Wildman–Crippen LogP) is 1.87. The highest BCUT2D eigenvalue weighted by molar-refractivity contribution is 6.30. The summed E-state index contributed by atoms with van der Waals surface area (Å²) in [7, 11) is 1.86. The van der Waals surface area contributed by atoms with Crippen LogP contribution in [0.2, 0.25) is 5.02 Å². The molecule has 1 amide bonds. The lowest BCUT2D eigenvalue weighted by atomic mass is 10.1. The second-order valence-corrected chi connectivity index (χ2v) is 6.10. The third-order valence-corrected chi connectivity index (χ3v) is 4.23. The molecule has 1 aromatic rings. The number of hydrogen-bond acceptors (Lipinski definition) is 3. The van der Waals surface area contributed by atoms with E-state index in [2.05, 4.69) is 10.2 Å². The molecule has 5 heteroatoms. The third-order valence-electron chi connectivity index (χ3n) is 4.00. The molecule has 0 atom stereocenters. The quantitative estimate of drug-likeness (QED) is 0.920. The maximum absolute atomic E-state index is 11.9. The van der Waals surface area contributed by atoms with Gasteiger partial charge < -0.3 is 15.1 Å². The maximum atomic E-state index is 11.9. The van der Waals surface area contributed by atoms with E-state index in [9.17, 15) is 4.79 Å². The zero-order valence-corrected chi connectivity index (χ0v) is 12.5. The van der Waals surface area contributed by atoms with Gasteiger partial charge in [0.25, 0.3) is 0 Å². The van der Waals surface area contributed by atoms with E-state index in [0.717, 1.165) is 30.3 Å². The smallest absolute Gasteiger partial charge is 0.241 e. The van der Waals surface area contributed by atoms with Crippen LogP contribution in [-0.4, -0.2) is 43.5 Å². The van der Waals surface area contributed by atoms with Gasteiger partial charge in [-0.2, -0.15) is 0 Å². The van der Waals surface area contributed by atoms with Gasteiger partial charge in [0.05, 0.1) is 6.54 Å². The lowest BCUT2D eigenvalue weighted by Crippen LogP contribution is -2.48. The van der Waals surface area contributed by atoms with Crippen molar-refractivity contribution in [3.8, 4) is 0 Å². The Labute approximate surface area is 124 Å². The van der Waals surface area contributed by atoms with Crippen molar-refractivity contribution in [3.63, 3.8) is 0 Å². The molecule has 1 aliphatic heterocycles. The van der Waals surface area contributed by atoms with Crippen LogP contribution in [0.1, 0.15) is 18.4 Å². The fourth-order valence-corrected chi connectivity index (χ4v) is 2.70. The summed E-state index contributed by atoms with van der Waals surface area (Å²) in [5.74, 6) is 0.173. The number of nitrogens with zero attached hydrogens (tertiary/aromatic N) is 2. The molecule has 2 aliphatic rings. The normalized spacial score (nSPS) is 19.6. The van der Waals surface area contributed by atoms with E-state index in [0.29, 0.717) is 12.6 Å². The van der Waals surface area contributed by atoms with Gasteiger partial charge in [-0.1, -0.05) is 11.6 Å². The molecule has 20 heavy (non-hydrogen) atoms.